The maximum atomic E-state index is 13.2. The highest BCUT2D eigenvalue weighted by atomic mass is 16.2. The van der Waals surface area contributed by atoms with E-state index in [4.69, 9.17) is 9.97 Å². The summed E-state index contributed by atoms with van der Waals surface area (Å²) in [6.45, 7) is 6.97. The number of benzene rings is 1. The lowest BCUT2D eigenvalue weighted by molar-refractivity contribution is 0.0726. The van der Waals surface area contributed by atoms with Gasteiger partial charge in [0.25, 0.3) is 5.91 Å². The summed E-state index contributed by atoms with van der Waals surface area (Å²) in [4.78, 5) is 33.8. The second-order valence-electron chi connectivity index (χ2n) is 9.80. The molecule has 1 fully saturated rings. The summed E-state index contributed by atoms with van der Waals surface area (Å²) in [5.41, 5.74) is 3.48. The van der Waals surface area contributed by atoms with Crippen molar-refractivity contribution >= 4 is 28.6 Å². The summed E-state index contributed by atoms with van der Waals surface area (Å²) in [5, 5.41) is 4.62. The molecule has 5 rings (SSSR count). The van der Waals surface area contributed by atoms with Crippen LogP contribution in [0.3, 0.4) is 0 Å². The minimum Gasteiger partial charge on any atom is -0.365 e. The Morgan fingerprint density at radius 1 is 1.15 bits per heavy atom. The summed E-state index contributed by atoms with van der Waals surface area (Å²) in [5.74, 6) is 1.39. The van der Waals surface area contributed by atoms with Gasteiger partial charge >= 0.3 is 0 Å². The molecule has 0 atom stereocenters. The SMILES string of the molecule is CC(C)N1Cc2c(NCc3cnc4ccccc4c3)nc(N3CCC(N(C)C)CC3)nc2C1=O. The van der Waals surface area contributed by atoms with Crippen molar-refractivity contribution in [2.75, 3.05) is 37.4 Å². The zero-order valence-corrected chi connectivity index (χ0v) is 20.5. The van der Waals surface area contributed by atoms with Gasteiger partial charge in [-0.3, -0.25) is 9.78 Å². The number of aromatic nitrogens is 3. The molecule has 34 heavy (non-hydrogen) atoms. The monoisotopic (exact) mass is 459 g/mol. The molecule has 1 amide bonds. The van der Waals surface area contributed by atoms with E-state index in [1.165, 1.54) is 0 Å². The van der Waals surface area contributed by atoms with Gasteiger partial charge in [-0.05, 0) is 58.5 Å². The van der Waals surface area contributed by atoms with Crippen molar-refractivity contribution in [2.45, 2.75) is 51.9 Å². The van der Waals surface area contributed by atoms with E-state index in [0.29, 0.717) is 30.8 Å². The summed E-state index contributed by atoms with van der Waals surface area (Å²) in [6, 6.07) is 10.9. The van der Waals surface area contributed by atoms with Crippen LogP contribution in [0.1, 0.15) is 48.3 Å². The largest absolute Gasteiger partial charge is 0.365 e. The Labute approximate surface area is 201 Å². The third-order valence-corrected chi connectivity index (χ3v) is 7.00. The molecule has 3 aromatic rings. The number of rotatable bonds is 6. The van der Waals surface area contributed by atoms with Crippen LogP contribution in [-0.4, -0.2) is 69.9 Å². The summed E-state index contributed by atoms with van der Waals surface area (Å²) in [6.07, 6.45) is 4.02. The van der Waals surface area contributed by atoms with Crippen molar-refractivity contribution in [1.29, 1.82) is 0 Å². The topological polar surface area (TPSA) is 77.5 Å². The number of nitrogens with one attached hydrogen (secondary N) is 1. The molecule has 0 bridgehead atoms. The van der Waals surface area contributed by atoms with Crippen LogP contribution in [-0.2, 0) is 13.1 Å². The molecule has 2 aromatic heterocycles. The van der Waals surface area contributed by atoms with E-state index in [9.17, 15) is 4.79 Å². The highest BCUT2D eigenvalue weighted by Crippen LogP contribution is 2.31. The molecular formula is C26H33N7O. The maximum Gasteiger partial charge on any atom is 0.273 e. The summed E-state index contributed by atoms with van der Waals surface area (Å²) < 4.78 is 0. The van der Waals surface area contributed by atoms with Crippen molar-refractivity contribution in [1.82, 2.24) is 24.8 Å². The van der Waals surface area contributed by atoms with Gasteiger partial charge in [-0.15, -0.1) is 0 Å². The lowest BCUT2D eigenvalue weighted by Gasteiger charge is -2.35. The number of nitrogens with zero attached hydrogens (tertiary/aromatic N) is 6. The quantitative estimate of drug-likeness (QED) is 0.604. The van der Waals surface area contributed by atoms with Crippen molar-refractivity contribution < 1.29 is 4.79 Å². The van der Waals surface area contributed by atoms with Gasteiger partial charge in [0.1, 0.15) is 11.5 Å². The van der Waals surface area contributed by atoms with Crippen molar-refractivity contribution in [3.8, 4) is 0 Å². The van der Waals surface area contributed by atoms with Crippen LogP contribution in [0.15, 0.2) is 36.5 Å². The number of carbonyl (C=O) groups excluding carboxylic acids is 1. The Hall–Kier alpha value is -3.26. The number of anilines is 2. The molecule has 8 heteroatoms. The standard InChI is InChI=1S/C26H33N7O/c1-17(2)33-16-21-23(25(33)34)29-26(32-11-9-20(10-12-32)31(3)4)30-24(21)28-15-18-13-19-7-5-6-8-22(19)27-14-18/h5-8,13-14,17,20H,9-12,15-16H2,1-4H3,(H,28,29,30). The first-order valence-electron chi connectivity index (χ1n) is 12.1. The van der Waals surface area contributed by atoms with Crippen LogP contribution in [0, 0.1) is 0 Å². The number of amides is 1. The Kier molecular flexibility index (Phi) is 6.08. The van der Waals surface area contributed by atoms with Gasteiger partial charge in [0.15, 0.2) is 0 Å². The minimum absolute atomic E-state index is 0.00718. The molecule has 1 N–H and O–H groups in total. The summed E-state index contributed by atoms with van der Waals surface area (Å²) >= 11 is 0. The van der Waals surface area contributed by atoms with Gasteiger partial charge in [0.2, 0.25) is 5.95 Å². The molecule has 178 valence electrons. The van der Waals surface area contributed by atoms with E-state index >= 15 is 0 Å². The second kappa shape index (κ2) is 9.18. The Morgan fingerprint density at radius 2 is 1.91 bits per heavy atom. The molecule has 2 aliphatic heterocycles. The van der Waals surface area contributed by atoms with Crippen molar-refractivity contribution in [3.63, 3.8) is 0 Å². The number of hydrogen-bond acceptors (Lipinski definition) is 7. The number of pyridine rings is 1. The van der Waals surface area contributed by atoms with Gasteiger partial charge in [-0.1, -0.05) is 18.2 Å². The number of fused-ring (bicyclic) bond motifs is 2. The minimum atomic E-state index is -0.00718. The Bertz CT molecular complexity index is 1200. The normalized spacial score (nSPS) is 16.7. The molecule has 2 aliphatic rings. The molecular weight excluding hydrogens is 426 g/mol. The van der Waals surface area contributed by atoms with Crippen LogP contribution < -0.4 is 10.2 Å². The van der Waals surface area contributed by atoms with E-state index in [2.05, 4.69) is 46.3 Å². The summed E-state index contributed by atoms with van der Waals surface area (Å²) in [7, 11) is 4.27. The average molecular weight is 460 g/mol. The molecule has 0 saturated carbocycles. The highest BCUT2D eigenvalue weighted by molar-refractivity contribution is 5.98. The van der Waals surface area contributed by atoms with Gasteiger partial charge in [-0.25, -0.2) is 4.98 Å². The van der Waals surface area contributed by atoms with Crippen molar-refractivity contribution in [3.05, 3.63) is 53.3 Å². The molecule has 1 saturated heterocycles. The van der Waals surface area contributed by atoms with Gasteiger partial charge < -0.3 is 20.0 Å². The zero-order chi connectivity index (χ0) is 23.8. The molecule has 4 heterocycles. The van der Waals surface area contributed by atoms with Gasteiger partial charge in [0, 0.05) is 48.9 Å². The van der Waals surface area contributed by atoms with E-state index in [1.54, 1.807) is 0 Å². The van der Waals surface area contributed by atoms with Gasteiger partial charge in [0.05, 0.1) is 12.1 Å². The van der Waals surface area contributed by atoms with Crippen molar-refractivity contribution in [2.24, 2.45) is 0 Å². The van der Waals surface area contributed by atoms with Gasteiger partial charge in [-0.2, -0.15) is 4.98 Å². The molecule has 0 spiro atoms. The van der Waals surface area contributed by atoms with Crippen LogP contribution >= 0.6 is 0 Å². The number of piperidine rings is 1. The average Bonchev–Trinajstić information content (AvgIpc) is 3.19. The van der Waals surface area contributed by atoms with Crippen LogP contribution in [0.4, 0.5) is 11.8 Å². The van der Waals surface area contributed by atoms with Crippen LogP contribution in [0.25, 0.3) is 10.9 Å². The smallest absolute Gasteiger partial charge is 0.273 e. The number of para-hydroxylation sites is 1. The lowest BCUT2D eigenvalue weighted by atomic mass is 10.0. The highest BCUT2D eigenvalue weighted by Gasteiger charge is 2.35. The number of hydrogen-bond donors (Lipinski definition) is 1. The number of carbonyl (C=O) groups is 1. The molecule has 0 aliphatic carbocycles. The zero-order valence-electron chi connectivity index (χ0n) is 20.5. The van der Waals surface area contributed by atoms with Crippen LogP contribution in [0.5, 0.6) is 0 Å². The third kappa shape index (κ3) is 4.30. The van der Waals surface area contributed by atoms with Crippen LogP contribution in [0.2, 0.25) is 0 Å². The van der Waals surface area contributed by atoms with E-state index in [0.717, 1.165) is 53.8 Å². The van der Waals surface area contributed by atoms with E-state index in [1.807, 2.05) is 43.1 Å². The van der Waals surface area contributed by atoms with E-state index < -0.39 is 0 Å². The Balaban J connectivity index is 1.43. The van der Waals surface area contributed by atoms with E-state index in [-0.39, 0.29) is 11.9 Å². The third-order valence-electron chi connectivity index (χ3n) is 7.00. The second-order valence-corrected chi connectivity index (χ2v) is 9.80. The Morgan fingerprint density at radius 3 is 2.65 bits per heavy atom. The maximum absolute atomic E-state index is 13.2. The molecule has 8 nitrogen and oxygen atoms in total. The lowest BCUT2D eigenvalue weighted by Crippen LogP contribution is -2.42. The fraction of sp³-hybridized carbons (Fsp3) is 0.462. The predicted molar refractivity (Wildman–Crippen MR) is 135 cm³/mol. The fourth-order valence-corrected chi connectivity index (χ4v) is 4.86. The molecule has 0 radical (unpaired) electrons. The molecule has 0 unspecified atom stereocenters. The fourth-order valence-electron chi connectivity index (χ4n) is 4.86. The first-order valence-corrected chi connectivity index (χ1v) is 12.1. The predicted octanol–water partition coefficient (Wildman–Crippen LogP) is 3.53. The first-order chi connectivity index (χ1) is 16.4. The molecule has 1 aromatic carbocycles. The first kappa shape index (κ1) is 22.5.